The van der Waals surface area contributed by atoms with Gasteiger partial charge < -0.3 is 14.8 Å². The summed E-state index contributed by atoms with van der Waals surface area (Å²) in [4.78, 5) is 7.26. The van der Waals surface area contributed by atoms with E-state index >= 15 is 0 Å². The third-order valence-corrected chi connectivity index (χ3v) is 9.68. The second-order valence-corrected chi connectivity index (χ2v) is 12.7. The molecule has 0 amide bonds. The lowest BCUT2D eigenvalue weighted by atomic mass is 9.92. The number of rotatable bonds is 6. The van der Waals surface area contributed by atoms with Crippen LogP contribution in [0.5, 0.6) is 0 Å². The Bertz CT molecular complexity index is 2680. The quantitative estimate of drug-likeness (QED) is 0.191. The molecule has 0 spiro atoms. The molecule has 0 saturated carbocycles. The molecule has 1 aliphatic rings. The van der Waals surface area contributed by atoms with Crippen LogP contribution in [0.25, 0.3) is 27.5 Å². The van der Waals surface area contributed by atoms with Crippen LogP contribution in [-0.4, -0.2) is 10.3 Å². The molecule has 0 aliphatic carbocycles. The molecule has 0 bridgehead atoms. The van der Waals surface area contributed by atoms with E-state index in [1.54, 1.807) is 6.07 Å². The molecule has 8 aromatic rings. The largest absolute Gasteiger partial charge is 0.359 e. The minimum absolute atomic E-state index is 0.350. The van der Waals surface area contributed by atoms with E-state index in [-0.39, 0.29) is 6.17 Å². The van der Waals surface area contributed by atoms with E-state index in [9.17, 15) is 10.5 Å². The van der Waals surface area contributed by atoms with Gasteiger partial charge in [-0.15, -0.1) is 0 Å². The Balaban J connectivity index is 1.16. The van der Waals surface area contributed by atoms with Gasteiger partial charge in [0.15, 0.2) is 0 Å². The maximum absolute atomic E-state index is 10.7. The van der Waals surface area contributed by atoms with Crippen LogP contribution in [0, 0.1) is 22.7 Å². The van der Waals surface area contributed by atoms with Gasteiger partial charge in [0, 0.05) is 44.6 Å². The Kier molecular flexibility index (Phi) is 7.54. The minimum atomic E-state index is -0.350. The molecule has 1 N–H and O–H groups in total. The smallest absolute Gasteiger partial charge is 0.145 e. The van der Waals surface area contributed by atoms with Gasteiger partial charge in [-0.3, -0.25) is 4.99 Å². The molecule has 52 heavy (non-hydrogen) atoms. The molecule has 0 saturated heterocycles. The fourth-order valence-electron chi connectivity index (χ4n) is 7.33. The van der Waals surface area contributed by atoms with Crippen molar-refractivity contribution in [3.05, 3.63) is 198 Å². The highest BCUT2D eigenvalue weighted by Crippen LogP contribution is 2.40. The number of anilines is 4. The number of aromatic nitrogens is 1. The van der Waals surface area contributed by atoms with Crippen molar-refractivity contribution in [3.63, 3.8) is 0 Å². The molecule has 0 radical (unpaired) electrons. The standard InChI is InChI=1S/C46H30N6/c47-29-33-14-11-19-40-44(33)45(50-46(49-40)31-12-3-1-4-13-31)32-22-27-41(34(28-32)30-48)51(35-15-5-2-6-16-35)36-23-25-37(26-24-36)52-42-20-9-7-17-38(42)39-18-8-10-21-43(39)52/h1-28,46,49H. The van der Waals surface area contributed by atoms with Crippen LogP contribution in [0.4, 0.5) is 22.7 Å². The first kappa shape index (κ1) is 30.6. The fourth-order valence-corrected chi connectivity index (χ4v) is 7.33. The summed E-state index contributed by atoms with van der Waals surface area (Å²) in [6, 6.07) is 62.0. The van der Waals surface area contributed by atoms with Gasteiger partial charge in [-0.25, -0.2) is 0 Å². The first-order valence-corrected chi connectivity index (χ1v) is 17.1. The van der Waals surface area contributed by atoms with E-state index < -0.39 is 0 Å². The highest BCUT2D eigenvalue weighted by molar-refractivity contribution is 6.18. The molecule has 9 rings (SSSR count). The van der Waals surface area contributed by atoms with Crippen LogP contribution in [0.1, 0.15) is 34.0 Å². The van der Waals surface area contributed by atoms with Crippen LogP contribution < -0.4 is 10.2 Å². The number of benzene rings is 7. The van der Waals surface area contributed by atoms with Crippen molar-refractivity contribution in [2.45, 2.75) is 6.17 Å². The van der Waals surface area contributed by atoms with Crippen molar-refractivity contribution >= 4 is 50.3 Å². The molecule has 6 heteroatoms. The number of nitrogens with zero attached hydrogens (tertiary/aromatic N) is 5. The fraction of sp³-hybridized carbons (Fsp3) is 0.0217. The van der Waals surface area contributed by atoms with Crippen molar-refractivity contribution < 1.29 is 0 Å². The van der Waals surface area contributed by atoms with Crippen LogP contribution in [0.2, 0.25) is 0 Å². The highest BCUT2D eigenvalue weighted by atomic mass is 15.1. The second-order valence-electron chi connectivity index (χ2n) is 12.7. The van der Waals surface area contributed by atoms with Crippen molar-refractivity contribution in [2.24, 2.45) is 4.99 Å². The summed E-state index contributed by atoms with van der Waals surface area (Å²) < 4.78 is 2.30. The summed E-state index contributed by atoms with van der Waals surface area (Å²) in [6.45, 7) is 0. The maximum Gasteiger partial charge on any atom is 0.145 e. The van der Waals surface area contributed by atoms with Gasteiger partial charge in [0.2, 0.25) is 0 Å². The first-order valence-electron chi connectivity index (χ1n) is 17.1. The van der Waals surface area contributed by atoms with Crippen molar-refractivity contribution in [1.29, 1.82) is 10.5 Å². The maximum atomic E-state index is 10.7. The first-order chi connectivity index (χ1) is 25.7. The predicted molar refractivity (Wildman–Crippen MR) is 210 cm³/mol. The average molecular weight is 667 g/mol. The number of para-hydroxylation sites is 3. The lowest BCUT2D eigenvalue weighted by Gasteiger charge is -2.28. The number of nitrogens with one attached hydrogen (secondary N) is 1. The lowest BCUT2D eigenvalue weighted by Crippen LogP contribution is -2.22. The summed E-state index contributed by atoms with van der Waals surface area (Å²) in [5.74, 6) is 0. The molecule has 244 valence electrons. The topological polar surface area (TPSA) is 80.1 Å². The Hall–Kier alpha value is -7.41. The van der Waals surface area contributed by atoms with E-state index in [0.29, 0.717) is 16.8 Å². The van der Waals surface area contributed by atoms with E-state index in [1.165, 1.54) is 10.8 Å². The zero-order chi connectivity index (χ0) is 35.0. The molecule has 1 atom stereocenters. The van der Waals surface area contributed by atoms with Gasteiger partial charge in [-0.2, -0.15) is 10.5 Å². The van der Waals surface area contributed by atoms with Gasteiger partial charge >= 0.3 is 0 Å². The van der Waals surface area contributed by atoms with Gasteiger partial charge in [-0.05, 0) is 78.4 Å². The summed E-state index contributed by atoms with van der Waals surface area (Å²) in [5.41, 5.74) is 10.9. The molecule has 2 heterocycles. The van der Waals surface area contributed by atoms with Crippen molar-refractivity contribution in [3.8, 4) is 17.8 Å². The van der Waals surface area contributed by atoms with Crippen LogP contribution >= 0.6 is 0 Å². The van der Waals surface area contributed by atoms with Crippen LogP contribution in [0.15, 0.2) is 175 Å². The Morgan fingerprint density at radius 2 is 1.19 bits per heavy atom. The predicted octanol–water partition coefficient (Wildman–Crippen LogP) is 11.0. The van der Waals surface area contributed by atoms with E-state index in [2.05, 4.69) is 99.7 Å². The Morgan fingerprint density at radius 1 is 0.577 bits per heavy atom. The van der Waals surface area contributed by atoms with Crippen molar-refractivity contribution in [1.82, 2.24) is 4.57 Å². The normalized spacial score (nSPS) is 13.4. The second kappa shape index (κ2) is 12.8. The van der Waals surface area contributed by atoms with Crippen molar-refractivity contribution in [2.75, 3.05) is 10.2 Å². The minimum Gasteiger partial charge on any atom is -0.359 e. The van der Waals surface area contributed by atoms with Gasteiger partial charge in [0.1, 0.15) is 12.2 Å². The van der Waals surface area contributed by atoms with Gasteiger partial charge in [0.25, 0.3) is 0 Å². The number of hydrogen-bond acceptors (Lipinski definition) is 5. The van der Waals surface area contributed by atoms with Crippen LogP contribution in [0.3, 0.4) is 0 Å². The van der Waals surface area contributed by atoms with Gasteiger partial charge in [0.05, 0.1) is 39.6 Å². The number of fused-ring (bicyclic) bond motifs is 4. The highest BCUT2D eigenvalue weighted by Gasteiger charge is 2.26. The van der Waals surface area contributed by atoms with E-state index in [1.807, 2.05) is 91.0 Å². The SMILES string of the molecule is N#Cc1cc(C2=NC(c3ccccc3)Nc3cccc(C#N)c32)ccc1N(c1ccccc1)c1ccc(-n2c3ccccc3c3ccccc32)cc1. The molecular weight excluding hydrogens is 637 g/mol. The number of nitriles is 2. The van der Waals surface area contributed by atoms with E-state index in [4.69, 9.17) is 4.99 Å². The Labute approximate surface area is 301 Å². The molecule has 7 aromatic carbocycles. The monoisotopic (exact) mass is 666 g/mol. The zero-order valence-corrected chi connectivity index (χ0v) is 28.0. The summed E-state index contributed by atoms with van der Waals surface area (Å²) >= 11 is 0. The summed E-state index contributed by atoms with van der Waals surface area (Å²) in [7, 11) is 0. The third-order valence-electron chi connectivity index (χ3n) is 9.68. The number of hydrogen-bond donors (Lipinski definition) is 1. The number of aliphatic imine (C=N–C) groups is 1. The summed E-state index contributed by atoms with van der Waals surface area (Å²) in [6.07, 6.45) is -0.350. The average Bonchev–Trinajstić information content (AvgIpc) is 3.56. The molecule has 1 aliphatic heterocycles. The summed E-state index contributed by atoms with van der Waals surface area (Å²) in [5, 5.41) is 26.7. The molecular formula is C46H30N6. The molecule has 6 nitrogen and oxygen atoms in total. The third kappa shape index (κ3) is 5.15. The zero-order valence-electron chi connectivity index (χ0n) is 28.0. The molecule has 1 unspecified atom stereocenters. The van der Waals surface area contributed by atoms with Crippen LogP contribution in [-0.2, 0) is 0 Å². The lowest BCUT2D eigenvalue weighted by molar-refractivity contribution is 0.828. The van der Waals surface area contributed by atoms with Gasteiger partial charge in [-0.1, -0.05) is 97.1 Å². The molecule has 0 fully saturated rings. The van der Waals surface area contributed by atoms with E-state index in [0.717, 1.165) is 56.2 Å². The molecule has 1 aromatic heterocycles. The Morgan fingerprint density at radius 3 is 1.87 bits per heavy atom.